The van der Waals surface area contributed by atoms with Crippen LogP contribution in [-0.4, -0.2) is 49.4 Å². The fraction of sp³-hybridized carbons (Fsp3) is 0.370. The van der Waals surface area contributed by atoms with E-state index in [9.17, 15) is 14.4 Å². The number of hydrogen-bond acceptors (Lipinski definition) is 8. The topological polar surface area (TPSA) is 129 Å². The van der Waals surface area contributed by atoms with Crippen LogP contribution in [-0.2, 0) is 24.4 Å². The van der Waals surface area contributed by atoms with Crippen LogP contribution in [0.25, 0.3) is 11.4 Å². The van der Waals surface area contributed by atoms with E-state index < -0.39 is 11.9 Å². The first-order valence-corrected chi connectivity index (χ1v) is 12.8. The number of rotatable bonds is 8. The Bertz CT molecular complexity index is 1580. The standard InChI is InChI=1S/C27H30N6O6/c1-5-10-30-15-21-24(32(6-2)25(30)34)29-23(33(21)26(35)37-16-22-18(4)38-27(36)39-22)20-12-28-31(14-20)13-19-9-7-8-17(3)11-19/h7-9,11-12,14H,5-6,10,13,15-16H2,1-4H3. The maximum atomic E-state index is 13.5. The van der Waals surface area contributed by atoms with E-state index in [1.807, 2.05) is 39.0 Å². The maximum absolute atomic E-state index is 13.5. The minimum absolute atomic E-state index is 0.118. The number of benzene rings is 1. The van der Waals surface area contributed by atoms with E-state index in [-0.39, 0.29) is 30.7 Å². The van der Waals surface area contributed by atoms with E-state index in [1.54, 1.807) is 33.8 Å². The van der Waals surface area contributed by atoms with Gasteiger partial charge in [0.2, 0.25) is 0 Å². The number of amides is 2. The molecule has 204 valence electrons. The predicted octanol–water partition coefficient (Wildman–Crippen LogP) is 4.31. The van der Waals surface area contributed by atoms with Crippen molar-refractivity contribution in [3.05, 3.63) is 75.6 Å². The number of aromatic nitrogens is 4. The number of carbonyl (C=O) groups excluding carboxylic acids is 2. The molecule has 0 atom stereocenters. The smallest absolute Gasteiger partial charge is 0.441 e. The lowest BCUT2D eigenvalue weighted by atomic mass is 10.1. The third-order valence-electron chi connectivity index (χ3n) is 6.52. The number of imidazole rings is 1. The summed E-state index contributed by atoms with van der Waals surface area (Å²) in [4.78, 5) is 46.1. The Labute approximate surface area is 224 Å². The number of hydrogen-bond donors (Lipinski definition) is 0. The molecule has 0 saturated carbocycles. The van der Waals surface area contributed by atoms with Crippen LogP contribution in [0.3, 0.4) is 0 Å². The number of anilines is 1. The van der Waals surface area contributed by atoms with Crippen LogP contribution in [0.15, 0.2) is 50.3 Å². The fourth-order valence-corrected chi connectivity index (χ4v) is 4.69. The summed E-state index contributed by atoms with van der Waals surface area (Å²) in [6.45, 7) is 8.76. The van der Waals surface area contributed by atoms with Gasteiger partial charge >= 0.3 is 17.9 Å². The van der Waals surface area contributed by atoms with E-state index in [0.717, 1.165) is 17.5 Å². The summed E-state index contributed by atoms with van der Waals surface area (Å²) < 4.78 is 18.5. The molecule has 1 aromatic carbocycles. The average Bonchev–Trinajstić information content (AvgIpc) is 3.60. The average molecular weight is 535 g/mol. The summed E-state index contributed by atoms with van der Waals surface area (Å²) in [7, 11) is 0. The quantitative estimate of drug-likeness (QED) is 0.327. The first kappa shape index (κ1) is 26.0. The molecule has 0 saturated heterocycles. The van der Waals surface area contributed by atoms with E-state index >= 15 is 0 Å². The highest BCUT2D eigenvalue weighted by Crippen LogP contribution is 2.33. The lowest BCUT2D eigenvalue weighted by Crippen LogP contribution is -2.48. The van der Waals surface area contributed by atoms with Gasteiger partial charge in [-0.3, -0.25) is 9.58 Å². The van der Waals surface area contributed by atoms with Crippen LogP contribution < -0.4 is 10.7 Å². The first-order chi connectivity index (χ1) is 18.8. The van der Waals surface area contributed by atoms with Crippen LogP contribution in [0, 0.1) is 13.8 Å². The predicted molar refractivity (Wildman–Crippen MR) is 140 cm³/mol. The van der Waals surface area contributed by atoms with Crippen molar-refractivity contribution in [3.8, 4) is 11.4 Å². The van der Waals surface area contributed by atoms with Crippen LogP contribution in [0.4, 0.5) is 15.4 Å². The molecule has 12 heteroatoms. The molecule has 3 aromatic heterocycles. The molecule has 39 heavy (non-hydrogen) atoms. The van der Waals surface area contributed by atoms with Crippen LogP contribution in [0.2, 0.25) is 0 Å². The second kappa shape index (κ2) is 10.6. The summed E-state index contributed by atoms with van der Waals surface area (Å²) in [6.07, 6.45) is 3.47. The zero-order valence-corrected chi connectivity index (χ0v) is 22.3. The van der Waals surface area contributed by atoms with E-state index in [1.165, 1.54) is 4.57 Å². The normalized spacial score (nSPS) is 13.2. The summed E-state index contributed by atoms with van der Waals surface area (Å²) >= 11 is 0. The lowest BCUT2D eigenvalue weighted by Gasteiger charge is -2.34. The SMILES string of the molecule is CCCN1Cc2c(nc(-c3cnn(Cc4cccc(C)c4)c3)n2C(=O)OCc2oc(=O)oc2C)N(CC)C1=O. The molecule has 0 unspecified atom stereocenters. The molecule has 2 amide bonds. The van der Waals surface area contributed by atoms with Crippen molar-refractivity contribution in [1.82, 2.24) is 24.2 Å². The van der Waals surface area contributed by atoms with Gasteiger partial charge in [0.15, 0.2) is 29.8 Å². The fourth-order valence-electron chi connectivity index (χ4n) is 4.69. The van der Waals surface area contributed by atoms with Crippen molar-refractivity contribution in [2.45, 2.75) is 53.8 Å². The third kappa shape index (κ3) is 5.09. The van der Waals surface area contributed by atoms with Crippen LogP contribution in [0.5, 0.6) is 0 Å². The molecule has 0 radical (unpaired) electrons. The minimum Gasteiger partial charge on any atom is -0.441 e. The van der Waals surface area contributed by atoms with Gasteiger partial charge in [0, 0.05) is 19.3 Å². The summed E-state index contributed by atoms with van der Waals surface area (Å²) in [5.74, 6) is 0.185. The van der Waals surface area contributed by atoms with Gasteiger partial charge in [-0.15, -0.1) is 0 Å². The van der Waals surface area contributed by atoms with Crippen LogP contribution in [0.1, 0.15) is 48.6 Å². The highest BCUT2D eigenvalue weighted by atomic mass is 16.6. The second-order valence-corrected chi connectivity index (χ2v) is 9.39. The second-order valence-electron chi connectivity index (χ2n) is 9.39. The van der Waals surface area contributed by atoms with E-state index in [2.05, 4.69) is 11.2 Å². The first-order valence-electron chi connectivity index (χ1n) is 12.8. The lowest BCUT2D eigenvalue weighted by molar-refractivity contribution is 0.130. The molecule has 4 aromatic rings. The monoisotopic (exact) mass is 534 g/mol. The van der Waals surface area contributed by atoms with Gasteiger partial charge in [0.05, 0.1) is 30.5 Å². The summed E-state index contributed by atoms with van der Waals surface area (Å²) in [5.41, 5.74) is 3.35. The van der Waals surface area contributed by atoms with Gasteiger partial charge in [0.1, 0.15) is 0 Å². The highest BCUT2D eigenvalue weighted by molar-refractivity contribution is 5.95. The molecule has 12 nitrogen and oxygen atoms in total. The Balaban J connectivity index is 1.54. The molecule has 0 N–H and O–H groups in total. The Morgan fingerprint density at radius 1 is 1.15 bits per heavy atom. The Kier molecular flexibility index (Phi) is 7.09. The molecule has 1 aliphatic heterocycles. The molecule has 0 spiro atoms. The van der Waals surface area contributed by atoms with E-state index in [0.29, 0.717) is 42.5 Å². The zero-order chi connectivity index (χ0) is 27.7. The number of urea groups is 1. The summed E-state index contributed by atoms with van der Waals surface area (Å²) in [6, 6.07) is 7.97. The van der Waals surface area contributed by atoms with Crippen molar-refractivity contribution >= 4 is 17.9 Å². The molecule has 0 bridgehead atoms. The molecule has 4 heterocycles. The van der Waals surface area contributed by atoms with Gasteiger partial charge in [0.25, 0.3) is 0 Å². The third-order valence-corrected chi connectivity index (χ3v) is 6.52. The largest absolute Gasteiger partial charge is 0.519 e. The van der Waals surface area contributed by atoms with Crippen molar-refractivity contribution in [2.75, 3.05) is 18.0 Å². The van der Waals surface area contributed by atoms with Crippen LogP contribution >= 0.6 is 0 Å². The maximum Gasteiger partial charge on any atom is 0.519 e. The van der Waals surface area contributed by atoms with E-state index in [4.69, 9.17) is 18.6 Å². The molecular weight excluding hydrogens is 504 g/mol. The van der Waals surface area contributed by atoms with Crippen molar-refractivity contribution in [1.29, 1.82) is 0 Å². The Morgan fingerprint density at radius 2 is 1.97 bits per heavy atom. The van der Waals surface area contributed by atoms with Gasteiger partial charge < -0.3 is 18.5 Å². The van der Waals surface area contributed by atoms with Crippen molar-refractivity contribution in [3.63, 3.8) is 0 Å². The number of carbonyl (C=O) groups is 2. The number of ether oxygens (including phenoxy) is 1. The van der Waals surface area contributed by atoms with Gasteiger partial charge in [-0.25, -0.2) is 23.9 Å². The molecule has 0 aliphatic carbocycles. The van der Waals surface area contributed by atoms with Crippen molar-refractivity contribution < 1.29 is 23.2 Å². The zero-order valence-electron chi connectivity index (χ0n) is 22.3. The van der Waals surface area contributed by atoms with Gasteiger partial charge in [-0.05, 0) is 32.8 Å². The Hall–Kier alpha value is -4.61. The van der Waals surface area contributed by atoms with Crippen molar-refractivity contribution in [2.24, 2.45) is 0 Å². The molecule has 0 fully saturated rings. The number of nitrogens with zero attached hydrogens (tertiary/aromatic N) is 6. The van der Waals surface area contributed by atoms with Gasteiger partial charge in [-0.1, -0.05) is 36.8 Å². The minimum atomic E-state index is -0.868. The number of fused-ring (bicyclic) bond motifs is 1. The highest BCUT2D eigenvalue weighted by Gasteiger charge is 2.37. The Morgan fingerprint density at radius 3 is 2.67 bits per heavy atom. The molecule has 5 rings (SSSR count). The summed E-state index contributed by atoms with van der Waals surface area (Å²) in [5, 5.41) is 4.49. The molecular formula is C27H30N6O6. The van der Waals surface area contributed by atoms with Gasteiger partial charge in [-0.2, -0.15) is 5.10 Å². The number of aryl methyl sites for hydroxylation is 2. The molecule has 1 aliphatic rings.